The number of nitrogens with zero attached hydrogens (tertiary/aromatic N) is 1. The van der Waals surface area contributed by atoms with E-state index in [1.54, 1.807) is 7.05 Å². The smallest absolute Gasteiger partial charge is 0.258 e. The normalized spacial score (nSPS) is 10.3. The number of anilines is 2. The second-order valence-electron chi connectivity index (χ2n) is 4.06. The molecule has 98 valence electrons. The van der Waals surface area contributed by atoms with Crippen molar-refractivity contribution in [2.24, 2.45) is 0 Å². The first-order chi connectivity index (χ1) is 9.00. The van der Waals surface area contributed by atoms with Gasteiger partial charge in [0, 0.05) is 18.3 Å². The molecule has 2 aromatic rings. The van der Waals surface area contributed by atoms with Gasteiger partial charge in [-0.3, -0.25) is 4.79 Å². The van der Waals surface area contributed by atoms with E-state index in [0.29, 0.717) is 11.3 Å². The number of amides is 1. The summed E-state index contributed by atoms with van der Waals surface area (Å²) >= 11 is 11.8. The van der Waals surface area contributed by atoms with Gasteiger partial charge in [-0.2, -0.15) is 0 Å². The SMILES string of the molecule is CN(C(=O)c1cc(N)c(Cl)c(Cl)c1)c1ccccc1. The molecular formula is C14H12Cl2N2O. The predicted molar refractivity (Wildman–Crippen MR) is 80.0 cm³/mol. The molecule has 0 bridgehead atoms. The lowest BCUT2D eigenvalue weighted by atomic mass is 10.1. The molecule has 0 aliphatic heterocycles. The number of benzene rings is 2. The first kappa shape index (κ1) is 13.7. The zero-order chi connectivity index (χ0) is 14.0. The molecule has 1 amide bonds. The Kier molecular flexibility index (Phi) is 3.98. The van der Waals surface area contributed by atoms with Gasteiger partial charge in [-0.1, -0.05) is 41.4 Å². The van der Waals surface area contributed by atoms with Crippen molar-refractivity contribution in [3.63, 3.8) is 0 Å². The molecule has 0 radical (unpaired) electrons. The number of halogens is 2. The van der Waals surface area contributed by atoms with E-state index in [0.717, 1.165) is 5.69 Å². The fourth-order valence-corrected chi connectivity index (χ4v) is 2.03. The van der Waals surface area contributed by atoms with E-state index in [2.05, 4.69) is 0 Å². The molecule has 0 aromatic heterocycles. The van der Waals surface area contributed by atoms with Gasteiger partial charge in [-0.05, 0) is 24.3 Å². The number of carbonyl (C=O) groups excluding carboxylic acids is 1. The number of nitrogen functional groups attached to an aromatic ring is 1. The Balaban J connectivity index is 2.35. The third kappa shape index (κ3) is 2.83. The van der Waals surface area contributed by atoms with Gasteiger partial charge in [0.15, 0.2) is 0 Å². The average Bonchev–Trinajstić information content (AvgIpc) is 2.43. The van der Waals surface area contributed by atoms with Crippen molar-refractivity contribution in [1.82, 2.24) is 0 Å². The van der Waals surface area contributed by atoms with Crippen LogP contribution in [-0.4, -0.2) is 13.0 Å². The first-order valence-electron chi connectivity index (χ1n) is 5.58. The van der Waals surface area contributed by atoms with Crippen LogP contribution in [0.25, 0.3) is 0 Å². The molecule has 0 spiro atoms. The number of nitrogens with two attached hydrogens (primary N) is 1. The van der Waals surface area contributed by atoms with Crippen molar-refractivity contribution in [1.29, 1.82) is 0 Å². The molecule has 19 heavy (non-hydrogen) atoms. The highest BCUT2D eigenvalue weighted by Gasteiger charge is 2.16. The lowest BCUT2D eigenvalue weighted by Gasteiger charge is -2.18. The van der Waals surface area contributed by atoms with Crippen LogP contribution in [0.2, 0.25) is 10.0 Å². The van der Waals surface area contributed by atoms with Gasteiger partial charge in [0.05, 0.1) is 15.7 Å². The van der Waals surface area contributed by atoms with Crippen molar-refractivity contribution < 1.29 is 4.79 Å². The fourth-order valence-electron chi connectivity index (χ4n) is 1.70. The van der Waals surface area contributed by atoms with Crippen LogP contribution in [0.5, 0.6) is 0 Å². The summed E-state index contributed by atoms with van der Waals surface area (Å²) in [6, 6.07) is 12.3. The Morgan fingerprint density at radius 2 is 1.79 bits per heavy atom. The third-order valence-corrected chi connectivity index (χ3v) is 3.57. The molecule has 0 saturated heterocycles. The van der Waals surface area contributed by atoms with Crippen LogP contribution in [-0.2, 0) is 0 Å². The van der Waals surface area contributed by atoms with Crippen LogP contribution in [0, 0.1) is 0 Å². The summed E-state index contributed by atoms with van der Waals surface area (Å²) in [7, 11) is 1.69. The average molecular weight is 295 g/mol. The number of para-hydroxylation sites is 1. The highest BCUT2D eigenvalue weighted by Crippen LogP contribution is 2.30. The van der Waals surface area contributed by atoms with Crippen molar-refractivity contribution in [3.05, 3.63) is 58.1 Å². The third-order valence-electron chi connectivity index (χ3n) is 2.75. The first-order valence-corrected chi connectivity index (χ1v) is 6.34. The fraction of sp³-hybridized carbons (Fsp3) is 0.0714. The minimum absolute atomic E-state index is 0.198. The van der Waals surface area contributed by atoms with Crippen molar-refractivity contribution >= 4 is 40.5 Å². The molecule has 2 aromatic carbocycles. The minimum Gasteiger partial charge on any atom is -0.397 e. The Morgan fingerprint density at radius 3 is 2.37 bits per heavy atom. The summed E-state index contributed by atoms with van der Waals surface area (Å²) in [4.78, 5) is 13.9. The zero-order valence-corrected chi connectivity index (χ0v) is 11.7. The Bertz CT molecular complexity index is 591. The maximum Gasteiger partial charge on any atom is 0.258 e. The van der Waals surface area contributed by atoms with Crippen LogP contribution in [0.3, 0.4) is 0 Å². The quantitative estimate of drug-likeness (QED) is 0.855. The van der Waals surface area contributed by atoms with Gasteiger partial charge in [-0.25, -0.2) is 0 Å². The number of carbonyl (C=O) groups is 1. The standard InChI is InChI=1S/C14H12Cl2N2O/c1-18(10-5-3-2-4-6-10)14(19)9-7-11(15)13(16)12(17)8-9/h2-8H,17H2,1H3. The van der Waals surface area contributed by atoms with Crippen molar-refractivity contribution in [3.8, 4) is 0 Å². The second kappa shape index (κ2) is 5.51. The minimum atomic E-state index is -0.198. The molecule has 0 aliphatic carbocycles. The van der Waals surface area contributed by atoms with Gasteiger partial charge >= 0.3 is 0 Å². The Hall–Kier alpha value is -1.71. The highest BCUT2D eigenvalue weighted by molar-refractivity contribution is 6.44. The summed E-state index contributed by atoms with van der Waals surface area (Å²) in [6.07, 6.45) is 0. The van der Waals surface area contributed by atoms with Gasteiger partial charge in [0.1, 0.15) is 0 Å². The van der Waals surface area contributed by atoms with E-state index in [4.69, 9.17) is 28.9 Å². The maximum absolute atomic E-state index is 12.3. The summed E-state index contributed by atoms with van der Waals surface area (Å²) in [6.45, 7) is 0. The molecule has 2 rings (SSSR count). The number of hydrogen-bond acceptors (Lipinski definition) is 2. The van der Waals surface area contributed by atoms with Crippen molar-refractivity contribution in [2.75, 3.05) is 17.7 Å². The second-order valence-corrected chi connectivity index (χ2v) is 4.85. The zero-order valence-electron chi connectivity index (χ0n) is 10.2. The van der Waals surface area contributed by atoms with Gasteiger partial charge in [0.25, 0.3) is 5.91 Å². The maximum atomic E-state index is 12.3. The van der Waals surface area contributed by atoms with Crippen LogP contribution >= 0.6 is 23.2 Å². The topological polar surface area (TPSA) is 46.3 Å². The van der Waals surface area contributed by atoms with Crippen molar-refractivity contribution in [2.45, 2.75) is 0 Å². The molecule has 0 aliphatic rings. The molecule has 2 N–H and O–H groups in total. The lowest BCUT2D eigenvalue weighted by Crippen LogP contribution is -2.26. The van der Waals surface area contributed by atoms with Crippen LogP contribution < -0.4 is 10.6 Å². The van der Waals surface area contributed by atoms with Crippen LogP contribution in [0.1, 0.15) is 10.4 Å². The predicted octanol–water partition coefficient (Wildman–Crippen LogP) is 3.85. The monoisotopic (exact) mass is 294 g/mol. The van der Waals surface area contributed by atoms with Gasteiger partial charge < -0.3 is 10.6 Å². The molecule has 0 unspecified atom stereocenters. The summed E-state index contributed by atoms with van der Waals surface area (Å²) < 4.78 is 0. The highest BCUT2D eigenvalue weighted by atomic mass is 35.5. The molecule has 3 nitrogen and oxygen atoms in total. The van der Waals surface area contributed by atoms with Gasteiger partial charge in [-0.15, -0.1) is 0 Å². The molecule has 0 fully saturated rings. The van der Waals surface area contributed by atoms with E-state index in [1.165, 1.54) is 17.0 Å². The molecular weight excluding hydrogens is 283 g/mol. The van der Waals surface area contributed by atoms with Crippen LogP contribution in [0.4, 0.5) is 11.4 Å². The number of hydrogen-bond donors (Lipinski definition) is 1. The van der Waals surface area contributed by atoms with E-state index < -0.39 is 0 Å². The van der Waals surface area contributed by atoms with Crippen LogP contribution in [0.15, 0.2) is 42.5 Å². The Labute approximate surface area is 121 Å². The number of rotatable bonds is 2. The summed E-state index contributed by atoms with van der Waals surface area (Å²) in [5.41, 5.74) is 7.19. The molecule has 5 heteroatoms. The largest absolute Gasteiger partial charge is 0.397 e. The molecule has 0 atom stereocenters. The molecule has 0 saturated carbocycles. The van der Waals surface area contributed by atoms with E-state index in [9.17, 15) is 4.79 Å². The van der Waals surface area contributed by atoms with E-state index >= 15 is 0 Å². The summed E-state index contributed by atoms with van der Waals surface area (Å²) in [5.74, 6) is -0.198. The summed E-state index contributed by atoms with van der Waals surface area (Å²) in [5, 5.41) is 0.534. The van der Waals surface area contributed by atoms with Gasteiger partial charge in [0.2, 0.25) is 0 Å². The Morgan fingerprint density at radius 1 is 1.16 bits per heavy atom. The molecule has 0 heterocycles. The van der Waals surface area contributed by atoms with E-state index in [-0.39, 0.29) is 16.0 Å². The lowest BCUT2D eigenvalue weighted by molar-refractivity contribution is 0.0993. The van der Waals surface area contributed by atoms with E-state index in [1.807, 2.05) is 30.3 Å².